The van der Waals surface area contributed by atoms with Crippen molar-refractivity contribution in [1.82, 2.24) is 5.32 Å². The molecule has 178 valence electrons. The summed E-state index contributed by atoms with van der Waals surface area (Å²) >= 11 is 0. The smallest absolute Gasteiger partial charge is 0.319 e. The summed E-state index contributed by atoms with van der Waals surface area (Å²) in [5.41, 5.74) is 2.25. The van der Waals surface area contributed by atoms with Gasteiger partial charge in [0.2, 0.25) is 0 Å². The highest BCUT2D eigenvalue weighted by Gasteiger charge is 2.49. The van der Waals surface area contributed by atoms with E-state index in [1.165, 1.54) is 83.5 Å². The van der Waals surface area contributed by atoms with Gasteiger partial charge in [0, 0.05) is 31.5 Å². The van der Waals surface area contributed by atoms with E-state index in [-0.39, 0.29) is 11.4 Å². The number of urea groups is 1. The van der Waals surface area contributed by atoms with Gasteiger partial charge in [-0.3, -0.25) is 0 Å². The van der Waals surface area contributed by atoms with Crippen LogP contribution in [0, 0.1) is 23.2 Å². The highest BCUT2D eigenvalue weighted by Crippen LogP contribution is 2.52. The summed E-state index contributed by atoms with van der Waals surface area (Å²) in [6.45, 7) is 2.52. The van der Waals surface area contributed by atoms with E-state index < -0.39 is 0 Å². The van der Waals surface area contributed by atoms with Crippen molar-refractivity contribution in [3.05, 3.63) is 24.3 Å². The van der Waals surface area contributed by atoms with Crippen molar-refractivity contribution in [1.29, 1.82) is 0 Å². The number of benzene rings is 1. The van der Waals surface area contributed by atoms with Crippen LogP contribution in [-0.4, -0.2) is 26.2 Å². The number of hydrogen-bond donors (Lipinski definition) is 2. The molecule has 0 radical (unpaired) electrons. The molecule has 2 amide bonds. The maximum absolute atomic E-state index is 13.3. The topological polar surface area (TPSA) is 44.4 Å². The molecule has 2 N–H and O–H groups in total. The third-order valence-corrected chi connectivity index (χ3v) is 9.11. The molecule has 0 aromatic heterocycles. The van der Waals surface area contributed by atoms with E-state index in [0.717, 1.165) is 23.2 Å². The third-order valence-electron chi connectivity index (χ3n) is 9.11. The van der Waals surface area contributed by atoms with Gasteiger partial charge >= 0.3 is 6.03 Å². The van der Waals surface area contributed by atoms with Crippen molar-refractivity contribution < 1.29 is 4.79 Å². The van der Waals surface area contributed by atoms with Crippen LogP contribution in [0.2, 0.25) is 0 Å². The zero-order chi connectivity index (χ0) is 22.6. The van der Waals surface area contributed by atoms with Crippen molar-refractivity contribution in [2.45, 2.75) is 96.4 Å². The van der Waals surface area contributed by atoms with Crippen LogP contribution < -0.4 is 15.5 Å². The van der Waals surface area contributed by atoms with E-state index in [9.17, 15) is 4.79 Å². The van der Waals surface area contributed by atoms with Crippen LogP contribution in [0.5, 0.6) is 0 Å². The summed E-state index contributed by atoms with van der Waals surface area (Å²) in [5, 5.41) is 6.73. The van der Waals surface area contributed by atoms with E-state index >= 15 is 0 Å². The molecule has 4 nitrogen and oxygen atoms in total. The fraction of sp³-hybridized carbons (Fsp3) is 0.750. The lowest BCUT2D eigenvalue weighted by atomic mass is 9.55. The first-order valence-corrected chi connectivity index (χ1v) is 13.3. The lowest BCUT2D eigenvalue weighted by molar-refractivity contribution is -0.00471. The second-order valence-corrected chi connectivity index (χ2v) is 11.3. The summed E-state index contributed by atoms with van der Waals surface area (Å²) in [6.07, 6.45) is 17.6. The van der Waals surface area contributed by atoms with Crippen LogP contribution >= 0.6 is 0 Å². The van der Waals surface area contributed by atoms with Gasteiger partial charge in [-0.25, -0.2) is 4.79 Å². The van der Waals surface area contributed by atoms with E-state index in [1.54, 1.807) is 0 Å². The Morgan fingerprint density at radius 2 is 1.50 bits per heavy atom. The van der Waals surface area contributed by atoms with Crippen molar-refractivity contribution in [2.75, 3.05) is 24.3 Å². The van der Waals surface area contributed by atoms with E-state index in [4.69, 9.17) is 0 Å². The molecule has 1 unspecified atom stereocenters. The van der Waals surface area contributed by atoms with E-state index in [2.05, 4.69) is 34.6 Å². The monoisotopic (exact) mass is 439 g/mol. The van der Waals surface area contributed by atoms with Crippen molar-refractivity contribution >= 4 is 17.4 Å². The molecule has 0 saturated heterocycles. The number of hydrogen-bond acceptors (Lipinski definition) is 2. The maximum Gasteiger partial charge on any atom is 0.319 e. The summed E-state index contributed by atoms with van der Waals surface area (Å²) in [4.78, 5) is 15.3. The van der Waals surface area contributed by atoms with Gasteiger partial charge in [0.05, 0.1) is 0 Å². The van der Waals surface area contributed by atoms with Gasteiger partial charge in [0.1, 0.15) is 0 Å². The first-order chi connectivity index (χ1) is 15.5. The third kappa shape index (κ3) is 5.26. The maximum atomic E-state index is 13.3. The van der Waals surface area contributed by atoms with Gasteiger partial charge in [0.15, 0.2) is 0 Å². The number of amides is 2. The molecular formula is C28H45N3O. The molecule has 3 atom stereocenters. The van der Waals surface area contributed by atoms with Gasteiger partial charge < -0.3 is 15.5 Å². The van der Waals surface area contributed by atoms with Gasteiger partial charge in [-0.15, -0.1) is 0 Å². The Morgan fingerprint density at radius 3 is 2.12 bits per heavy atom. The fourth-order valence-corrected chi connectivity index (χ4v) is 7.24. The van der Waals surface area contributed by atoms with Crippen LogP contribution in [0.3, 0.4) is 0 Å². The number of carbonyl (C=O) groups excluding carboxylic acids is 1. The van der Waals surface area contributed by atoms with Crippen LogP contribution in [0.25, 0.3) is 0 Å². The SMILES string of the molecule is CN(C)c1ccc(NC(=O)N[C@H]2[C@H](C3CCCCC3)CCCC2(C)C2CCCCC2)cc1. The van der Waals surface area contributed by atoms with E-state index in [0.29, 0.717) is 12.0 Å². The highest BCUT2D eigenvalue weighted by molar-refractivity contribution is 5.89. The first-order valence-electron chi connectivity index (χ1n) is 13.3. The Bertz CT molecular complexity index is 734. The standard InChI is InChI=1S/C28H45N3O/c1-28(22-13-8-5-9-14-22)20-10-15-25(21-11-6-4-7-12-21)26(28)30-27(32)29-23-16-18-24(19-17-23)31(2)3/h16-19,21-22,25-26H,4-15,20H2,1-3H3,(H2,29,30,32)/t25-,26-,28?/m0/s1. The van der Waals surface area contributed by atoms with E-state index in [1.807, 2.05) is 26.2 Å². The Labute approximate surface area is 195 Å². The average Bonchev–Trinajstić information content (AvgIpc) is 2.82. The molecule has 3 aliphatic carbocycles. The average molecular weight is 440 g/mol. The predicted octanol–water partition coefficient (Wildman–Crippen LogP) is 7.21. The van der Waals surface area contributed by atoms with Crippen molar-refractivity contribution in [3.63, 3.8) is 0 Å². The zero-order valence-electron chi connectivity index (χ0n) is 20.7. The quantitative estimate of drug-likeness (QED) is 0.509. The molecule has 0 aliphatic heterocycles. The summed E-state index contributed by atoms with van der Waals surface area (Å²) in [5.74, 6) is 2.18. The van der Waals surface area contributed by atoms with Crippen molar-refractivity contribution in [3.8, 4) is 0 Å². The van der Waals surface area contributed by atoms with Crippen molar-refractivity contribution in [2.24, 2.45) is 23.2 Å². The summed E-state index contributed by atoms with van der Waals surface area (Å²) in [6, 6.07) is 8.42. The Kier molecular flexibility index (Phi) is 7.68. The lowest BCUT2D eigenvalue weighted by Gasteiger charge is -2.54. The summed E-state index contributed by atoms with van der Waals surface area (Å²) < 4.78 is 0. The predicted molar refractivity (Wildman–Crippen MR) is 135 cm³/mol. The number of rotatable bonds is 5. The van der Waals surface area contributed by atoms with Crippen LogP contribution in [0.15, 0.2) is 24.3 Å². The molecule has 3 aliphatic rings. The Hall–Kier alpha value is -1.71. The minimum Gasteiger partial charge on any atom is -0.378 e. The molecule has 0 bridgehead atoms. The van der Waals surface area contributed by atoms with Gasteiger partial charge in [0.25, 0.3) is 0 Å². The fourth-order valence-electron chi connectivity index (χ4n) is 7.24. The van der Waals surface area contributed by atoms with Gasteiger partial charge in [-0.2, -0.15) is 0 Å². The van der Waals surface area contributed by atoms with Gasteiger partial charge in [-0.1, -0.05) is 64.7 Å². The van der Waals surface area contributed by atoms with Crippen LogP contribution in [0.1, 0.15) is 90.4 Å². The molecule has 1 aromatic carbocycles. The highest BCUT2D eigenvalue weighted by atomic mass is 16.2. The number of anilines is 2. The second kappa shape index (κ2) is 10.5. The van der Waals surface area contributed by atoms with Crippen LogP contribution in [0.4, 0.5) is 16.2 Å². The minimum atomic E-state index is -0.0163. The molecule has 0 spiro atoms. The molecule has 4 rings (SSSR count). The second-order valence-electron chi connectivity index (χ2n) is 11.3. The first kappa shape index (κ1) is 23.4. The number of carbonyl (C=O) groups is 1. The normalized spacial score (nSPS) is 30.0. The van der Waals surface area contributed by atoms with Crippen LogP contribution in [-0.2, 0) is 0 Å². The minimum absolute atomic E-state index is 0.0163. The molecule has 3 fully saturated rings. The number of nitrogens with one attached hydrogen (secondary N) is 2. The Balaban J connectivity index is 1.52. The molecule has 3 saturated carbocycles. The molecule has 1 aromatic rings. The van der Waals surface area contributed by atoms with Gasteiger partial charge in [-0.05, 0) is 73.1 Å². The molecule has 0 heterocycles. The molecule has 32 heavy (non-hydrogen) atoms. The lowest BCUT2D eigenvalue weighted by Crippen LogP contribution is -2.58. The number of nitrogens with zero attached hydrogens (tertiary/aromatic N) is 1. The largest absolute Gasteiger partial charge is 0.378 e. The summed E-state index contributed by atoms with van der Waals surface area (Å²) in [7, 11) is 4.07. The zero-order valence-corrected chi connectivity index (χ0v) is 20.7. The molecular weight excluding hydrogens is 394 g/mol. The Morgan fingerprint density at radius 1 is 0.875 bits per heavy atom. The molecule has 4 heteroatoms.